The average Bonchev–Trinajstić information content (AvgIpc) is 2.83. The van der Waals surface area contributed by atoms with Gasteiger partial charge in [0.2, 0.25) is 0 Å². The third-order valence-electron chi connectivity index (χ3n) is 4.99. The van der Waals surface area contributed by atoms with Crippen molar-refractivity contribution in [3.8, 4) is 34.3 Å². The molecule has 0 fully saturated rings. The van der Waals surface area contributed by atoms with Gasteiger partial charge in [0.1, 0.15) is 17.2 Å². The van der Waals surface area contributed by atoms with Gasteiger partial charge in [0.15, 0.2) is 17.3 Å². The molecule has 1 N–H and O–H groups in total. The quantitative estimate of drug-likeness (QED) is 0.450. The lowest BCUT2D eigenvalue weighted by atomic mass is 10.0. The van der Waals surface area contributed by atoms with Crippen molar-refractivity contribution in [1.29, 1.82) is 0 Å². The van der Waals surface area contributed by atoms with Crippen LogP contribution in [-0.2, 0) is 0 Å². The molecule has 1 heterocycles. The van der Waals surface area contributed by atoms with E-state index in [1.54, 1.807) is 28.4 Å². The molecule has 4 rings (SSSR count). The van der Waals surface area contributed by atoms with Gasteiger partial charge in [-0.15, -0.1) is 10.2 Å². The average molecular weight is 417 g/mol. The standard InChI is InChI=1S/C24H23N3O4/c1-28-16-10-11-20(29-2)19(12-16)25-24-18-14-22(31-4)21(30-3)13-17(18)23(26-27-24)15-8-6-5-7-9-15/h5-14H,1-4H3,(H,25,27). The molecule has 4 aromatic rings. The third kappa shape index (κ3) is 3.90. The van der Waals surface area contributed by atoms with Crippen LogP contribution in [0.15, 0.2) is 60.7 Å². The zero-order valence-corrected chi connectivity index (χ0v) is 17.8. The maximum atomic E-state index is 5.53. The van der Waals surface area contributed by atoms with Crippen molar-refractivity contribution in [3.63, 3.8) is 0 Å². The summed E-state index contributed by atoms with van der Waals surface area (Å²) < 4.78 is 21.9. The maximum Gasteiger partial charge on any atom is 0.161 e. The van der Waals surface area contributed by atoms with Crippen LogP contribution in [0.25, 0.3) is 22.0 Å². The number of hydrogen-bond acceptors (Lipinski definition) is 7. The molecule has 7 nitrogen and oxygen atoms in total. The summed E-state index contributed by atoms with van der Waals surface area (Å²) in [6.45, 7) is 0. The van der Waals surface area contributed by atoms with Crippen LogP contribution in [-0.4, -0.2) is 38.6 Å². The van der Waals surface area contributed by atoms with Gasteiger partial charge in [-0.3, -0.25) is 0 Å². The van der Waals surface area contributed by atoms with E-state index in [9.17, 15) is 0 Å². The van der Waals surface area contributed by atoms with Crippen molar-refractivity contribution in [3.05, 3.63) is 60.7 Å². The molecule has 0 bridgehead atoms. The Balaban J connectivity index is 1.93. The number of anilines is 2. The van der Waals surface area contributed by atoms with Gasteiger partial charge in [0, 0.05) is 22.4 Å². The molecule has 0 aliphatic carbocycles. The van der Waals surface area contributed by atoms with E-state index in [0.717, 1.165) is 22.0 Å². The van der Waals surface area contributed by atoms with Gasteiger partial charge in [0.25, 0.3) is 0 Å². The zero-order valence-electron chi connectivity index (χ0n) is 17.8. The number of benzene rings is 3. The summed E-state index contributed by atoms with van der Waals surface area (Å²) in [5.41, 5.74) is 2.41. The molecule has 0 unspecified atom stereocenters. The molecular formula is C24H23N3O4. The van der Waals surface area contributed by atoms with Crippen LogP contribution in [0.3, 0.4) is 0 Å². The molecule has 0 saturated heterocycles. The number of fused-ring (bicyclic) bond motifs is 1. The second-order valence-corrected chi connectivity index (χ2v) is 6.71. The minimum atomic E-state index is 0.558. The van der Waals surface area contributed by atoms with Crippen molar-refractivity contribution in [1.82, 2.24) is 10.2 Å². The Morgan fingerprint density at radius 3 is 1.97 bits per heavy atom. The Morgan fingerprint density at radius 1 is 0.645 bits per heavy atom. The summed E-state index contributed by atoms with van der Waals surface area (Å²) in [5.74, 6) is 3.12. The Labute approximate surface area is 180 Å². The smallest absolute Gasteiger partial charge is 0.161 e. The van der Waals surface area contributed by atoms with Crippen LogP contribution in [0.5, 0.6) is 23.0 Å². The summed E-state index contributed by atoms with van der Waals surface area (Å²) in [6.07, 6.45) is 0. The number of ether oxygens (including phenoxy) is 4. The minimum Gasteiger partial charge on any atom is -0.497 e. The first-order valence-corrected chi connectivity index (χ1v) is 9.65. The molecule has 7 heteroatoms. The first kappa shape index (κ1) is 20.3. The second-order valence-electron chi connectivity index (χ2n) is 6.71. The fourth-order valence-electron chi connectivity index (χ4n) is 3.42. The van der Waals surface area contributed by atoms with Gasteiger partial charge in [0.05, 0.1) is 34.1 Å². The van der Waals surface area contributed by atoms with Crippen molar-refractivity contribution < 1.29 is 18.9 Å². The van der Waals surface area contributed by atoms with Gasteiger partial charge in [-0.25, -0.2) is 0 Å². The van der Waals surface area contributed by atoms with Gasteiger partial charge < -0.3 is 24.3 Å². The molecule has 0 aliphatic heterocycles. The van der Waals surface area contributed by atoms with Crippen LogP contribution >= 0.6 is 0 Å². The van der Waals surface area contributed by atoms with Gasteiger partial charge in [-0.1, -0.05) is 30.3 Å². The van der Waals surface area contributed by atoms with Crippen LogP contribution in [0.2, 0.25) is 0 Å². The number of hydrogen-bond donors (Lipinski definition) is 1. The van der Waals surface area contributed by atoms with Gasteiger partial charge in [-0.2, -0.15) is 0 Å². The van der Waals surface area contributed by atoms with Crippen molar-refractivity contribution in [2.45, 2.75) is 0 Å². The monoisotopic (exact) mass is 417 g/mol. The summed E-state index contributed by atoms with van der Waals surface area (Å²) in [4.78, 5) is 0. The first-order chi connectivity index (χ1) is 15.2. The molecule has 31 heavy (non-hydrogen) atoms. The number of aromatic nitrogens is 2. The van der Waals surface area contributed by atoms with E-state index < -0.39 is 0 Å². The van der Waals surface area contributed by atoms with Crippen LogP contribution in [0, 0.1) is 0 Å². The van der Waals surface area contributed by atoms with Crippen LogP contribution in [0.1, 0.15) is 0 Å². The number of nitrogens with zero attached hydrogens (tertiary/aromatic N) is 2. The Bertz CT molecular complexity index is 1210. The largest absolute Gasteiger partial charge is 0.497 e. The Kier molecular flexibility index (Phi) is 5.75. The highest BCUT2D eigenvalue weighted by atomic mass is 16.5. The van der Waals surface area contributed by atoms with E-state index in [2.05, 4.69) is 15.5 Å². The topological polar surface area (TPSA) is 74.7 Å². The minimum absolute atomic E-state index is 0.558. The highest BCUT2D eigenvalue weighted by molar-refractivity contribution is 6.02. The van der Waals surface area contributed by atoms with Crippen molar-refractivity contribution in [2.75, 3.05) is 33.8 Å². The summed E-state index contributed by atoms with van der Waals surface area (Å²) in [5, 5.41) is 14.0. The molecule has 0 amide bonds. The molecule has 0 aliphatic rings. The van der Waals surface area contributed by atoms with Crippen LogP contribution < -0.4 is 24.3 Å². The summed E-state index contributed by atoms with van der Waals surface area (Å²) in [7, 11) is 6.45. The van der Waals surface area contributed by atoms with E-state index in [4.69, 9.17) is 18.9 Å². The van der Waals surface area contributed by atoms with Gasteiger partial charge >= 0.3 is 0 Å². The molecule has 0 radical (unpaired) electrons. The molecule has 158 valence electrons. The molecule has 0 atom stereocenters. The zero-order chi connectivity index (χ0) is 21.8. The predicted octanol–water partition coefficient (Wildman–Crippen LogP) is 5.07. The molecule has 3 aromatic carbocycles. The molecule has 0 saturated carbocycles. The second kappa shape index (κ2) is 8.79. The number of rotatable bonds is 7. The van der Waals surface area contributed by atoms with E-state index in [1.165, 1.54) is 0 Å². The lowest BCUT2D eigenvalue weighted by Gasteiger charge is -2.16. The summed E-state index contributed by atoms with van der Waals surface area (Å²) in [6, 6.07) is 19.2. The molecular weight excluding hydrogens is 394 g/mol. The highest BCUT2D eigenvalue weighted by Gasteiger charge is 2.17. The highest BCUT2D eigenvalue weighted by Crippen LogP contribution is 2.40. The number of methoxy groups -OCH3 is 4. The van der Waals surface area contributed by atoms with E-state index in [-0.39, 0.29) is 0 Å². The Hall–Kier alpha value is -4.00. The lowest BCUT2D eigenvalue weighted by Crippen LogP contribution is -2.02. The molecule has 0 spiro atoms. The predicted molar refractivity (Wildman–Crippen MR) is 121 cm³/mol. The fourth-order valence-corrected chi connectivity index (χ4v) is 3.42. The van der Waals surface area contributed by atoms with E-state index in [1.807, 2.05) is 60.7 Å². The summed E-state index contributed by atoms with van der Waals surface area (Å²) >= 11 is 0. The van der Waals surface area contributed by atoms with Crippen molar-refractivity contribution in [2.24, 2.45) is 0 Å². The third-order valence-corrected chi connectivity index (χ3v) is 4.99. The first-order valence-electron chi connectivity index (χ1n) is 9.65. The van der Waals surface area contributed by atoms with Crippen molar-refractivity contribution >= 4 is 22.3 Å². The maximum absolute atomic E-state index is 5.53. The fraction of sp³-hybridized carbons (Fsp3) is 0.167. The lowest BCUT2D eigenvalue weighted by molar-refractivity contribution is 0.356. The van der Waals surface area contributed by atoms with E-state index in [0.29, 0.717) is 34.5 Å². The SMILES string of the molecule is COc1ccc(OC)c(Nc2nnc(-c3ccccc3)c3cc(OC)c(OC)cc23)c1. The Morgan fingerprint density at radius 2 is 1.32 bits per heavy atom. The normalized spacial score (nSPS) is 10.6. The number of nitrogens with one attached hydrogen (secondary N) is 1. The van der Waals surface area contributed by atoms with Gasteiger partial charge in [-0.05, 0) is 24.3 Å². The van der Waals surface area contributed by atoms with E-state index >= 15 is 0 Å². The molecule has 1 aromatic heterocycles. The van der Waals surface area contributed by atoms with Crippen LogP contribution in [0.4, 0.5) is 11.5 Å².